The van der Waals surface area contributed by atoms with Crippen LogP contribution in [0.5, 0.6) is 11.5 Å². The zero-order valence-corrected chi connectivity index (χ0v) is 22.0. The van der Waals surface area contributed by atoms with Crippen molar-refractivity contribution in [1.82, 2.24) is 10.2 Å². The Morgan fingerprint density at radius 3 is 2.50 bits per heavy atom. The largest absolute Gasteiger partial charge is 0.497 e. The molecule has 1 saturated heterocycles. The number of benzene rings is 1. The van der Waals surface area contributed by atoms with Gasteiger partial charge in [-0.05, 0) is 56.7 Å². The van der Waals surface area contributed by atoms with Crippen LogP contribution in [-0.2, 0) is 4.74 Å². The number of ether oxygens (including phenoxy) is 3. The van der Waals surface area contributed by atoms with Crippen LogP contribution >= 0.6 is 24.0 Å². The van der Waals surface area contributed by atoms with E-state index in [0.717, 1.165) is 51.0 Å². The Morgan fingerprint density at radius 2 is 1.88 bits per heavy atom. The molecule has 0 bridgehead atoms. The molecule has 1 unspecified atom stereocenters. The van der Waals surface area contributed by atoms with Gasteiger partial charge < -0.3 is 29.5 Å². The number of guanidine groups is 1. The van der Waals surface area contributed by atoms with E-state index < -0.39 is 6.10 Å². The van der Waals surface area contributed by atoms with Crippen LogP contribution in [0.25, 0.3) is 0 Å². The number of rotatable bonds is 9. The van der Waals surface area contributed by atoms with E-state index in [2.05, 4.69) is 17.1 Å². The predicted molar refractivity (Wildman–Crippen MR) is 138 cm³/mol. The molecule has 1 atom stereocenters. The summed E-state index contributed by atoms with van der Waals surface area (Å²) in [6.07, 6.45) is 7.00. The van der Waals surface area contributed by atoms with Crippen LogP contribution in [0.4, 0.5) is 0 Å². The van der Waals surface area contributed by atoms with Crippen molar-refractivity contribution in [3.05, 3.63) is 23.8 Å². The van der Waals surface area contributed by atoms with E-state index in [4.69, 9.17) is 19.2 Å². The summed E-state index contributed by atoms with van der Waals surface area (Å²) in [6.45, 7) is 5.86. The van der Waals surface area contributed by atoms with Gasteiger partial charge in [0.15, 0.2) is 5.96 Å². The highest BCUT2D eigenvalue weighted by atomic mass is 127. The normalized spacial score (nSPS) is 18.9. The van der Waals surface area contributed by atoms with Crippen LogP contribution in [0.2, 0.25) is 0 Å². The molecule has 32 heavy (non-hydrogen) atoms. The molecule has 8 heteroatoms. The van der Waals surface area contributed by atoms with Crippen molar-refractivity contribution in [3.8, 4) is 11.5 Å². The van der Waals surface area contributed by atoms with Gasteiger partial charge in [0, 0.05) is 31.8 Å². The molecule has 182 valence electrons. The highest BCUT2D eigenvalue weighted by Gasteiger charge is 2.24. The summed E-state index contributed by atoms with van der Waals surface area (Å²) in [7, 11) is 3.21. The van der Waals surface area contributed by atoms with E-state index in [9.17, 15) is 5.11 Å². The highest BCUT2D eigenvalue weighted by Crippen LogP contribution is 2.30. The van der Waals surface area contributed by atoms with Crippen LogP contribution in [0, 0.1) is 5.92 Å². The van der Waals surface area contributed by atoms with Crippen molar-refractivity contribution in [2.24, 2.45) is 10.9 Å². The number of piperidine rings is 1. The van der Waals surface area contributed by atoms with E-state index in [1.54, 1.807) is 20.3 Å². The minimum atomic E-state index is -0.772. The van der Waals surface area contributed by atoms with E-state index >= 15 is 0 Å². The number of aliphatic hydroxyl groups excluding tert-OH is 1. The molecule has 1 aliphatic carbocycles. The summed E-state index contributed by atoms with van der Waals surface area (Å²) in [5.74, 6) is 2.93. The first-order valence-corrected chi connectivity index (χ1v) is 11.7. The molecular formula is C24H40IN3O4. The van der Waals surface area contributed by atoms with Crippen molar-refractivity contribution >= 4 is 29.9 Å². The minimum Gasteiger partial charge on any atom is -0.497 e. The van der Waals surface area contributed by atoms with E-state index in [1.807, 2.05) is 12.1 Å². The lowest BCUT2D eigenvalue weighted by Crippen LogP contribution is -2.47. The van der Waals surface area contributed by atoms with Crippen molar-refractivity contribution < 1.29 is 19.3 Å². The average molecular weight is 562 g/mol. The molecule has 0 aromatic heterocycles. The van der Waals surface area contributed by atoms with Gasteiger partial charge in [-0.25, -0.2) is 0 Å². The van der Waals surface area contributed by atoms with E-state index in [1.165, 1.54) is 25.7 Å². The molecule has 1 aromatic carbocycles. The van der Waals surface area contributed by atoms with Crippen LogP contribution < -0.4 is 14.8 Å². The van der Waals surface area contributed by atoms with Gasteiger partial charge in [-0.15, -0.1) is 24.0 Å². The summed E-state index contributed by atoms with van der Waals surface area (Å²) < 4.78 is 16.9. The average Bonchev–Trinajstić information content (AvgIpc) is 3.34. The van der Waals surface area contributed by atoms with Crippen LogP contribution in [0.1, 0.15) is 57.1 Å². The maximum atomic E-state index is 10.8. The highest BCUT2D eigenvalue weighted by molar-refractivity contribution is 14.0. The van der Waals surface area contributed by atoms with Gasteiger partial charge in [0.25, 0.3) is 0 Å². The summed E-state index contributed by atoms with van der Waals surface area (Å²) in [4.78, 5) is 6.99. The quantitative estimate of drug-likeness (QED) is 0.270. The second-order valence-corrected chi connectivity index (χ2v) is 8.49. The molecule has 0 radical (unpaired) electrons. The third-order valence-corrected chi connectivity index (χ3v) is 6.33. The monoisotopic (exact) mass is 561 g/mol. The Morgan fingerprint density at radius 1 is 1.16 bits per heavy atom. The maximum Gasteiger partial charge on any atom is 0.194 e. The van der Waals surface area contributed by atoms with Crippen molar-refractivity contribution in [1.29, 1.82) is 0 Å². The Balaban J connectivity index is 0.00000363. The van der Waals surface area contributed by atoms with Gasteiger partial charge in [-0.2, -0.15) is 0 Å². The molecule has 1 aliphatic heterocycles. The first-order valence-electron chi connectivity index (χ1n) is 11.7. The number of hydrogen-bond donors (Lipinski definition) is 2. The van der Waals surface area contributed by atoms with Gasteiger partial charge in [0.2, 0.25) is 0 Å². The first-order chi connectivity index (χ1) is 15.1. The number of likely N-dealkylation sites (tertiary alicyclic amines) is 1. The van der Waals surface area contributed by atoms with Gasteiger partial charge in [-0.1, -0.05) is 12.8 Å². The number of aliphatic hydroxyl groups is 1. The summed E-state index contributed by atoms with van der Waals surface area (Å²) >= 11 is 0. The van der Waals surface area contributed by atoms with Gasteiger partial charge in [-0.3, -0.25) is 4.99 Å². The minimum absolute atomic E-state index is 0. The van der Waals surface area contributed by atoms with Gasteiger partial charge in [0.1, 0.15) is 17.6 Å². The molecule has 1 saturated carbocycles. The first kappa shape index (κ1) is 27.0. The molecule has 1 aromatic rings. The lowest BCUT2D eigenvalue weighted by molar-refractivity contribution is 0.000978. The summed E-state index contributed by atoms with van der Waals surface area (Å²) in [6, 6.07) is 5.43. The zero-order valence-electron chi connectivity index (χ0n) is 19.7. The van der Waals surface area contributed by atoms with Crippen LogP contribution in [0.3, 0.4) is 0 Å². The topological polar surface area (TPSA) is 75.6 Å². The lowest BCUT2D eigenvalue weighted by Gasteiger charge is -2.34. The number of halogens is 1. The number of aliphatic imine (C=N–C) groups is 1. The third-order valence-electron chi connectivity index (χ3n) is 6.33. The maximum absolute atomic E-state index is 10.8. The second kappa shape index (κ2) is 14.1. The SMILES string of the molecule is CCNC(=NCC(O)c1cc(OC)ccc1OC)N1CCC(OCC2CCCC2)CC1.I. The molecule has 2 N–H and O–H groups in total. The lowest BCUT2D eigenvalue weighted by atomic mass is 10.1. The second-order valence-electron chi connectivity index (χ2n) is 8.49. The van der Waals surface area contributed by atoms with Crippen LogP contribution in [0.15, 0.2) is 23.2 Å². The summed E-state index contributed by atoms with van der Waals surface area (Å²) in [5, 5.41) is 14.1. The van der Waals surface area contributed by atoms with Gasteiger partial charge in [0.05, 0.1) is 26.9 Å². The Labute approximate surface area is 209 Å². The molecule has 0 spiro atoms. The summed E-state index contributed by atoms with van der Waals surface area (Å²) in [5.41, 5.74) is 0.681. The number of methoxy groups -OCH3 is 2. The molecule has 2 fully saturated rings. The Kier molecular flexibility index (Phi) is 11.9. The number of nitrogens with one attached hydrogen (secondary N) is 1. The van der Waals surface area contributed by atoms with Gasteiger partial charge >= 0.3 is 0 Å². The standard InChI is InChI=1S/C24H39N3O4.HI/c1-4-25-24(26-16-22(28)21-15-20(29-2)9-10-23(21)30-3)27-13-11-19(12-14-27)31-17-18-7-5-6-8-18;/h9-10,15,18-19,22,28H,4-8,11-14,16-17H2,1-3H3,(H,25,26);1H. The molecule has 1 heterocycles. The zero-order chi connectivity index (χ0) is 22.1. The fourth-order valence-electron chi connectivity index (χ4n) is 4.48. The van der Waals surface area contributed by atoms with Crippen LogP contribution in [-0.4, -0.2) is 69.1 Å². The van der Waals surface area contributed by atoms with Crippen molar-refractivity contribution in [2.75, 3.05) is 47.0 Å². The molecule has 7 nitrogen and oxygen atoms in total. The number of nitrogens with zero attached hydrogens (tertiary/aromatic N) is 2. The number of hydrogen-bond acceptors (Lipinski definition) is 5. The fraction of sp³-hybridized carbons (Fsp3) is 0.708. The predicted octanol–water partition coefficient (Wildman–Crippen LogP) is 3.99. The Hall–Kier alpha value is -1.26. The molecule has 0 amide bonds. The fourth-order valence-corrected chi connectivity index (χ4v) is 4.48. The van der Waals surface area contributed by atoms with Crippen molar-refractivity contribution in [2.45, 2.75) is 57.7 Å². The molecule has 2 aliphatic rings. The smallest absolute Gasteiger partial charge is 0.194 e. The van der Waals surface area contributed by atoms with E-state index in [-0.39, 0.29) is 30.5 Å². The molecular weight excluding hydrogens is 521 g/mol. The van der Waals surface area contributed by atoms with Crippen molar-refractivity contribution in [3.63, 3.8) is 0 Å². The third kappa shape index (κ3) is 7.66. The Bertz CT molecular complexity index is 704. The molecule has 3 rings (SSSR count). The van der Waals surface area contributed by atoms with E-state index in [0.29, 0.717) is 23.2 Å².